The fraction of sp³-hybridized carbons (Fsp3) is 0.370. The van der Waals surface area contributed by atoms with Crippen molar-refractivity contribution in [2.45, 2.75) is 50.8 Å². The monoisotopic (exact) mass is 601 g/mol. The van der Waals surface area contributed by atoms with Gasteiger partial charge in [0.05, 0.1) is 39.8 Å². The Morgan fingerprint density at radius 1 is 1.07 bits per heavy atom. The van der Waals surface area contributed by atoms with Crippen LogP contribution in [0.25, 0.3) is 5.69 Å². The summed E-state index contributed by atoms with van der Waals surface area (Å²) in [5.74, 6) is -2.21. The van der Waals surface area contributed by atoms with Gasteiger partial charge < -0.3 is 9.64 Å². The minimum absolute atomic E-state index is 0.0231. The lowest BCUT2D eigenvalue weighted by molar-refractivity contribution is -0.394. The van der Waals surface area contributed by atoms with Crippen LogP contribution in [-0.4, -0.2) is 68.4 Å². The minimum atomic E-state index is -3.93. The van der Waals surface area contributed by atoms with Gasteiger partial charge in [0.25, 0.3) is 11.4 Å². The van der Waals surface area contributed by atoms with Crippen LogP contribution in [-0.2, 0) is 37.0 Å². The largest absolute Gasteiger partial charge is 0.467 e. The SMILES string of the molecule is COC(=O)[C@H](Cc1cn(-c2ccc([N+](=O)[O-])cc2[N+](=O)[O-])cn1)N(CS(=O)(=O)C(C)(C)C)C(=O)CCc1ccccc1. The highest BCUT2D eigenvalue weighted by molar-refractivity contribution is 7.92. The number of benzene rings is 2. The number of carbonyl (C=O) groups is 2. The number of nitrogens with zero attached hydrogens (tertiary/aromatic N) is 5. The molecule has 42 heavy (non-hydrogen) atoms. The van der Waals surface area contributed by atoms with E-state index in [0.29, 0.717) is 6.42 Å². The van der Waals surface area contributed by atoms with Crippen LogP contribution in [0.1, 0.15) is 38.4 Å². The van der Waals surface area contributed by atoms with Crippen LogP contribution in [0.15, 0.2) is 61.1 Å². The molecular weight excluding hydrogens is 570 g/mol. The third kappa shape index (κ3) is 7.54. The fourth-order valence-corrected chi connectivity index (χ4v) is 5.08. The molecule has 0 aliphatic rings. The molecule has 3 aromatic rings. The molecule has 1 amide bonds. The molecule has 1 atom stereocenters. The van der Waals surface area contributed by atoms with E-state index < -0.39 is 59.6 Å². The second-order valence-electron chi connectivity index (χ2n) is 10.4. The Labute approximate surface area is 242 Å². The zero-order chi connectivity index (χ0) is 31.2. The van der Waals surface area contributed by atoms with Crippen molar-refractivity contribution in [3.63, 3.8) is 0 Å². The molecule has 0 saturated heterocycles. The van der Waals surface area contributed by atoms with Crippen molar-refractivity contribution >= 4 is 33.1 Å². The summed E-state index contributed by atoms with van der Waals surface area (Å²) >= 11 is 0. The molecule has 0 radical (unpaired) electrons. The number of amides is 1. The summed E-state index contributed by atoms with van der Waals surface area (Å²) in [4.78, 5) is 52.8. The number of hydrogen-bond acceptors (Lipinski definition) is 10. The second kappa shape index (κ2) is 12.9. The summed E-state index contributed by atoms with van der Waals surface area (Å²) in [7, 11) is -2.82. The molecule has 0 unspecified atom stereocenters. The van der Waals surface area contributed by atoms with Crippen molar-refractivity contribution in [2.75, 3.05) is 13.0 Å². The van der Waals surface area contributed by atoms with E-state index in [-0.39, 0.29) is 24.2 Å². The summed E-state index contributed by atoms with van der Waals surface area (Å²) in [5.41, 5.74) is -0.00687. The van der Waals surface area contributed by atoms with Gasteiger partial charge in [0.2, 0.25) is 5.91 Å². The Balaban J connectivity index is 1.98. The molecule has 0 N–H and O–H groups in total. The van der Waals surface area contributed by atoms with Gasteiger partial charge in [-0.05, 0) is 38.8 Å². The summed E-state index contributed by atoms with van der Waals surface area (Å²) < 4.78 is 31.4. The van der Waals surface area contributed by atoms with Crippen LogP contribution in [0, 0.1) is 20.2 Å². The number of hydrogen-bond donors (Lipinski definition) is 0. The van der Waals surface area contributed by atoms with E-state index in [0.717, 1.165) is 29.7 Å². The number of methoxy groups -OCH3 is 1. The van der Waals surface area contributed by atoms with Crippen molar-refractivity contribution in [3.8, 4) is 5.69 Å². The number of rotatable bonds is 12. The first-order chi connectivity index (χ1) is 19.6. The molecule has 224 valence electrons. The molecule has 15 heteroatoms. The highest BCUT2D eigenvalue weighted by Gasteiger charge is 2.38. The van der Waals surface area contributed by atoms with Crippen LogP contribution >= 0.6 is 0 Å². The van der Waals surface area contributed by atoms with E-state index in [1.807, 2.05) is 30.3 Å². The van der Waals surface area contributed by atoms with E-state index in [1.165, 1.54) is 43.9 Å². The fourth-order valence-electron chi connectivity index (χ4n) is 4.00. The number of ether oxygens (including phenoxy) is 1. The van der Waals surface area contributed by atoms with Crippen molar-refractivity contribution in [3.05, 3.63) is 92.5 Å². The Morgan fingerprint density at radius 2 is 1.74 bits per heavy atom. The van der Waals surface area contributed by atoms with E-state index in [2.05, 4.69) is 4.98 Å². The van der Waals surface area contributed by atoms with Crippen molar-refractivity contribution in [2.24, 2.45) is 0 Å². The predicted octanol–water partition coefficient (Wildman–Crippen LogP) is 3.41. The van der Waals surface area contributed by atoms with Gasteiger partial charge >= 0.3 is 5.97 Å². The molecule has 0 saturated carbocycles. The smallest absolute Gasteiger partial charge is 0.329 e. The lowest BCUT2D eigenvalue weighted by Gasteiger charge is -2.32. The predicted molar refractivity (Wildman–Crippen MR) is 152 cm³/mol. The molecule has 14 nitrogen and oxygen atoms in total. The van der Waals surface area contributed by atoms with Gasteiger partial charge in [-0.25, -0.2) is 18.2 Å². The van der Waals surface area contributed by atoms with Gasteiger partial charge in [0.15, 0.2) is 9.84 Å². The number of aryl methyl sites for hydroxylation is 1. The van der Waals surface area contributed by atoms with E-state index in [4.69, 9.17) is 4.74 Å². The number of sulfone groups is 1. The molecule has 0 aliphatic heterocycles. The van der Waals surface area contributed by atoms with Gasteiger partial charge in [-0.3, -0.25) is 29.6 Å². The maximum Gasteiger partial charge on any atom is 0.329 e. The summed E-state index contributed by atoms with van der Waals surface area (Å²) in [6.07, 6.45) is 2.52. The maximum atomic E-state index is 13.5. The summed E-state index contributed by atoms with van der Waals surface area (Å²) in [5, 5.41) is 22.7. The first-order valence-electron chi connectivity index (χ1n) is 12.7. The lowest BCUT2D eigenvalue weighted by atomic mass is 10.1. The maximum absolute atomic E-state index is 13.5. The number of carbonyl (C=O) groups excluding carboxylic acids is 2. The minimum Gasteiger partial charge on any atom is -0.467 e. The van der Waals surface area contributed by atoms with Gasteiger partial charge in [-0.15, -0.1) is 0 Å². The normalized spacial score (nSPS) is 12.4. The molecular formula is C27H31N5O9S. The molecule has 0 bridgehead atoms. The lowest BCUT2D eigenvalue weighted by Crippen LogP contribution is -2.51. The Bertz CT molecular complexity index is 1580. The highest BCUT2D eigenvalue weighted by atomic mass is 32.2. The quantitative estimate of drug-likeness (QED) is 0.169. The van der Waals surface area contributed by atoms with Crippen molar-refractivity contribution in [1.29, 1.82) is 0 Å². The molecule has 0 aliphatic carbocycles. The number of aromatic nitrogens is 2. The van der Waals surface area contributed by atoms with Crippen LogP contribution < -0.4 is 0 Å². The molecule has 1 heterocycles. The molecule has 2 aromatic carbocycles. The molecule has 0 spiro atoms. The zero-order valence-corrected chi connectivity index (χ0v) is 24.3. The van der Waals surface area contributed by atoms with Crippen molar-refractivity contribution < 1.29 is 32.6 Å². The molecule has 1 aromatic heterocycles. The number of non-ortho nitro benzene ring substituents is 1. The summed E-state index contributed by atoms with van der Waals surface area (Å²) in [6.45, 7) is 4.46. The Hall–Kier alpha value is -4.66. The van der Waals surface area contributed by atoms with Crippen LogP contribution in [0.2, 0.25) is 0 Å². The van der Waals surface area contributed by atoms with Gasteiger partial charge in [0.1, 0.15) is 17.6 Å². The van der Waals surface area contributed by atoms with Crippen LogP contribution in [0.4, 0.5) is 11.4 Å². The highest BCUT2D eigenvalue weighted by Crippen LogP contribution is 2.28. The number of esters is 1. The van der Waals surface area contributed by atoms with Gasteiger partial charge in [0, 0.05) is 25.1 Å². The van der Waals surface area contributed by atoms with Crippen LogP contribution in [0.3, 0.4) is 0 Å². The van der Waals surface area contributed by atoms with E-state index >= 15 is 0 Å². The van der Waals surface area contributed by atoms with Gasteiger partial charge in [-0.2, -0.15) is 0 Å². The van der Waals surface area contributed by atoms with E-state index in [1.54, 1.807) is 0 Å². The Kier molecular flexibility index (Phi) is 9.78. The average molecular weight is 602 g/mol. The van der Waals surface area contributed by atoms with Crippen LogP contribution in [0.5, 0.6) is 0 Å². The Morgan fingerprint density at radius 3 is 2.31 bits per heavy atom. The number of imidazole rings is 1. The molecule has 0 fully saturated rings. The summed E-state index contributed by atoms with van der Waals surface area (Å²) in [6, 6.07) is 10.8. The first-order valence-corrected chi connectivity index (χ1v) is 14.4. The zero-order valence-electron chi connectivity index (χ0n) is 23.5. The van der Waals surface area contributed by atoms with E-state index in [9.17, 15) is 38.2 Å². The van der Waals surface area contributed by atoms with Crippen molar-refractivity contribution in [1.82, 2.24) is 14.5 Å². The second-order valence-corrected chi connectivity index (χ2v) is 13.1. The molecule has 3 rings (SSSR count). The number of nitro groups is 2. The average Bonchev–Trinajstić information content (AvgIpc) is 3.41. The topological polar surface area (TPSA) is 185 Å². The third-order valence-corrected chi connectivity index (χ3v) is 9.05. The third-order valence-electron chi connectivity index (χ3n) is 6.57. The number of nitro benzene ring substituents is 2. The van der Waals surface area contributed by atoms with Gasteiger partial charge in [-0.1, -0.05) is 30.3 Å². The first kappa shape index (κ1) is 31.9. The standard InChI is InChI=1S/C27H31N5O9S/c1-27(2,3)42(39,40)18-30(25(33)13-10-19-8-6-5-7-9-19)24(26(34)41-4)14-20-16-29(17-28-20)22-12-11-21(31(35)36)15-23(22)32(37)38/h5-9,11-12,15-17,24H,10,13-14,18H2,1-4H3/t24-/m0/s1.